The molecule has 1 N–H and O–H groups in total. The van der Waals surface area contributed by atoms with Gasteiger partial charge in [0.2, 0.25) is 10.0 Å². The number of hydrogen-bond donors (Lipinski definition) is 1. The molecule has 2 aromatic carbocycles. The predicted molar refractivity (Wildman–Crippen MR) is 93.9 cm³/mol. The smallest absolute Gasteiger partial charge is 0.240 e. The van der Waals surface area contributed by atoms with E-state index in [1.165, 1.54) is 17.7 Å². The van der Waals surface area contributed by atoms with Gasteiger partial charge in [-0.3, -0.25) is 0 Å². The van der Waals surface area contributed by atoms with Crippen molar-refractivity contribution < 1.29 is 22.6 Å². The Bertz CT molecular complexity index is 835. The second-order valence-corrected chi connectivity index (χ2v) is 7.32. The summed E-state index contributed by atoms with van der Waals surface area (Å²) in [7, 11) is -3.63. The molecule has 0 aromatic heterocycles. The summed E-state index contributed by atoms with van der Waals surface area (Å²) in [6, 6.07) is 12.3. The normalized spacial score (nSPS) is 13.5. The van der Waals surface area contributed by atoms with Crippen molar-refractivity contribution in [2.24, 2.45) is 0 Å². The summed E-state index contributed by atoms with van der Waals surface area (Å²) >= 11 is 0. The molecule has 1 aliphatic rings. The summed E-state index contributed by atoms with van der Waals surface area (Å²) in [5.41, 5.74) is 1.18. The van der Waals surface area contributed by atoms with Crippen LogP contribution in [-0.4, -0.2) is 34.8 Å². The fraction of sp³-hybridized carbons (Fsp3) is 0.333. The Balaban J connectivity index is 1.56. The van der Waals surface area contributed by atoms with Gasteiger partial charge < -0.3 is 14.2 Å². The summed E-state index contributed by atoms with van der Waals surface area (Å²) in [4.78, 5) is 0.143. The minimum atomic E-state index is -3.63. The molecule has 0 spiro atoms. The summed E-state index contributed by atoms with van der Waals surface area (Å²) in [5, 5.41) is 0. The van der Waals surface area contributed by atoms with Crippen LogP contribution in [0.5, 0.6) is 17.2 Å². The first kappa shape index (κ1) is 17.6. The number of fused-ring (bicyclic) bond motifs is 1. The Morgan fingerprint density at radius 2 is 1.88 bits per heavy atom. The molecule has 0 aliphatic carbocycles. The quantitative estimate of drug-likeness (QED) is 0.765. The monoisotopic (exact) mass is 363 g/mol. The summed E-state index contributed by atoms with van der Waals surface area (Å²) in [6.45, 7) is 3.37. The van der Waals surface area contributed by atoms with E-state index in [2.05, 4.69) is 11.6 Å². The van der Waals surface area contributed by atoms with Crippen LogP contribution in [0.25, 0.3) is 0 Å². The zero-order valence-corrected chi connectivity index (χ0v) is 14.8. The number of sulfonamides is 1. The van der Waals surface area contributed by atoms with Crippen molar-refractivity contribution in [1.82, 2.24) is 4.72 Å². The first-order chi connectivity index (χ1) is 12.1. The van der Waals surface area contributed by atoms with Crippen LogP contribution in [0.1, 0.15) is 12.5 Å². The van der Waals surface area contributed by atoms with E-state index in [9.17, 15) is 8.42 Å². The maximum Gasteiger partial charge on any atom is 0.240 e. The Morgan fingerprint density at radius 1 is 1.08 bits per heavy atom. The standard InChI is InChI=1S/C18H21NO5S/c1-2-14-4-3-5-15(12-14)22-9-8-19-25(20,21)16-6-7-17-18(13-16)24-11-10-23-17/h3-7,12-13,19H,2,8-11H2,1H3. The van der Waals surface area contributed by atoms with E-state index in [1.54, 1.807) is 6.07 Å². The van der Waals surface area contributed by atoms with Gasteiger partial charge in [-0.25, -0.2) is 13.1 Å². The van der Waals surface area contributed by atoms with Gasteiger partial charge in [-0.15, -0.1) is 0 Å². The van der Waals surface area contributed by atoms with Crippen molar-refractivity contribution in [3.8, 4) is 17.2 Å². The summed E-state index contributed by atoms with van der Waals surface area (Å²) in [6.07, 6.45) is 0.925. The maximum atomic E-state index is 12.4. The molecule has 0 radical (unpaired) electrons. The molecular formula is C18H21NO5S. The number of ether oxygens (including phenoxy) is 3. The van der Waals surface area contributed by atoms with Crippen molar-refractivity contribution >= 4 is 10.0 Å². The van der Waals surface area contributed by atoms with Crippen LogP contribution in [0.3, 0.4) is 0 Å². The Morgan fingerprint density at radius 3 is 2.68 bits per heavy atom. The number of benzene rings is 2. The third-order valence-corrected chi connectivity index (χ3v) is 5.25. The van der Waals surface area contributed by atoms with Crippen LogP contribution in [-0.2, 0) is 16.4 Å². The van der Waals surface area contributed by atoms with Crippen molar-refractivity contribution in [3.63, 3.8) is 0 Å². The van der Waals surface area contributed by atoms with Gasteiger partial charge in [0, 0.05) is 12.6 Å². The largest absolute Gasteiger partial charge is 0.492 e. The number of hydrogen-bond acceptors (Lipinski definition) is 5. The zero-order valence-electron chi connectivity index (χ0n) is 14.0. The molecule has 3 rings (SSSR count). The molecular weight excluding hydrogens is 342 g/mol. The zero-order chi connectivity index (χ0) is 17.7. The topological polar surface area (TPSA) is 73.9 Å². The highest BCUT2D eigenvalue weighted by Crippen LogP contribution is 2.32. The maximum absolute atomic E-state index is 12.4. The predicted octanol–water partition coefficient (Wildman–Crippen LogP) is 2.38. The van der Waals surface area contributed by atoms with Gasteiger partial charge in [0.15, 0.2) is 11.5 Å². The van der Waals surface area contributed by atoms with E-state index in [-0.39, 0.29) is 18.0 Å². The highest BCUT2D eigenvalue weighted by Gasteiger charge is 2.19. The van der Waals surface area contributed by atoms with Crippen LogP contribution >= 0.6 is 0 Å². The third kappa shape index (κ3) is 4.43. The molecule has 0 amide bonds. The Hall–Kier alpha value is -2.25. The van der Waals surface area contributed by atoms with E-state index in [1.807, 2.05) is 24.3 Å². The van der Waals surface area contributed by atoms with E-state index in [0.29, 0.717) is 24.7 Å². The molecule has 134 valence electrons. The minimum Gasteiger partial charge on any atom is -0.492 e. The number of rotatable bonds is 7. The lowest BCUT2D eigenvalue weighted by Gasteiger charge is -2.19. The molecule has 6 nitrogen and oxygen atoms in total. The van der Waals surface area contributed by atoms with Crippen LogP contribution in [0, 0.1) is 0 Å². The molecule has 0 saturated carbocycles. The van der Waals surface area contributed by atoms with Gasteiger partial charge in [-0.2, -0.15) is 0 Å². The molecule has 0 atom stereocenters. The van der Waals surface area contributed by atoms with Crippen molar-refractivity contribution in [2.75, 3.05) is 26.4 Å². The molecule has 25 heavy (non-hydrogen) atoms. The van der Waals surface area contributed by atoms with Gasteiger partial charge in [0.05, 0.1) is 4.90 Å². The average Bonchev–Trinajstić information content (AvgIpc) is 2.65. The SMILES string of the molecule is CCc1cccc(OCCNS(=O)(=O)c2ccc3c(c2)OCCO3)c1. The van der Waals surface area contributed by atoms with E-state index >= 15 is 0 Å². The fourth-order valence-electron chi connectivity index (χ4n) is 2.47. The number of aryl methyl sites for hydroxylation is 1. The van der Waals surface area contributed by atoms with Crippen LogP contribution in [0.15, 0.2) is 47.4 Å². The Kier molecular flexibility index (Phi) is 5.45. The summed E-state index contributed by atoms with van der Waals surface area (Å²) in [5.74, 6) is 1.74. The fourth-order valence-corrected chi connectivity index (χ4v) is 3.50. The van der Waals surface area contributed by atoms with Crippen molar-refractivity contribution in [1.29, 1.82) is 0 Å². The van der Waals surface area contributed by atoms with Gasteiger partial charge in [-0.1, -0.05) is 19.1 Å². The van der Waals surface area contributed by atoms with Crippen LogP contribution in [0.4, 0.5) is 0 Å². The van der Waals surface area contributed by atoms with Gasteiger partial charge >= 0.3 is 0 Å². The molecule has 0 fully saturated rings. The lowest BCUT2D eigenvalue weighted by molar-refractivity contribution is 0.171. The van der Waals surface area contributed by atoms with Crippen molar-refractivity contribution in [3.05, 3.63) is 48.0 Å². The van der Waals surface area contributed by atoms with Gasteiger partial charge in [0.25, 0.3) is 0 Å². The second kappa shape index (κ2) is 7.76. The number of nitrogens with one attached hydrogen (secondary N) is 1. The molecule has 2 aromatic rings. The minimum absolute atomic E-state index is 0.143. The molecule has 1 heterocycles. The Labute approximate surface area is 147 Å². The highest BCUT2D eigenvalue weighted by atomic mass is 32.2. The van der Waals surface area contributed by atoms with E-state index < -0.39 is 10.0 Å². The van der Waals surface area contributed by atoms with Crippen LogP contribution < -0.4 is 18.9 Å². The van der Waals surface area contributed by atoms with Crippen molar-refractivity contribution in [2.45, 2.75) is 18.2 Å². The third-order valence-electron chi connectivity index (χ3n) is 3.79. The average molecular weight is 363 g/mol. The molecule has 0 saturated heterocycles. The lowest BCUT2D eigenvalue weighted by Crippen LogP contribution is -2.28. The molecule has 7 heteroatoms. The van der Waals surface area contributed by atoms with E-state index in [0.717, 1.165) is 12.2 Å². The molecule has 0 unspecified atom stereocenters. The van der Waals surface area contributed by atoms with E-state index in [4.69, 9.17) is 14.2 Å². The first-order valence-corrected chi connectivity index (χ1v) is 9.68. The first-order valence-electron chi connectivity index (χ1n) is 8.19. The molecule has 1 aliphatic heterocycles. The van der Waals surface area contributed by atoms with Crippen LogP contribution in [0.2, 0.25) is 0 Å². The van der Waals surface area contributed by atoms with Gasteiger partial charge in [0.1, 0.15) is 25.6 Å². The highest BCUT2D eigenvalue weighted by molar-refractivity contribution is 7.89. The van der Waals surface area contributed by atoms with Gasteiger partial charge in [-0.05, 0) is 36.2 Å². The lowest BCUT2D eigenvalue weighted by atomic mass is 10.2. The molecule has 0 bridgehead atoms. The summed E-state index contributed by atoms with van der Waals surface area (Å²) < 4.78 is 43.7. The second-order valence-electron chi connectivity index (χ2n) is 5.55.